The van der Waals surface area contributed by atoms with Crippen molar-refractivity contribution in [2.45, 2.75) is 52.0 Å². The highest BCUT2D eigenvalue weighted by Crippen LogP contribution is 2.32. The van der Waals surface area contributed by atoms with Crippen LogP contribution in [0.3, 0.4) is 0 Å². The second-order valence-corrected chi connectivity index (χ2v) is 7.27. The minimum absolute atomic E-state index is 0.0124. The Morgan fingerprint density at radius 3 is 2.53 bits per heavy atom. The Morgan fingerprint density at radius 1 is 1.42 bits per heavy atom. The molecule has 0 bridgehead atoms. The van der Waals surface area contributed by atoms with E-state index in [1.807, 2.05) is 27.7 Å². The number of urea groups is 1. The molecule has 110 valence electrons. The van der Waals surface area contributed by atoms with Gasteiger partial charge in [0.05, 0.1) is 5.37 Å². The molecule has 1 fully saturated rings. The predicted octanol–water partition coefficient (Wildman–Crippen LogP) is 2.37. The van der Waals surface area contributed by atoms with Gasteiger partial charge in [-0.15, -0.1) is 11.8 Å². The summed E-state index contributed by atoms with van der Waals surface area (Å²) in [4.78, 5) is 25.0. The molecule has 0 spiro atoms. The number of aliphatic carboxylic acids is 1. The molecule has 0 aromatic carbocycles. The lowest BCUT2D eigenvalue weighted by Gasteiger charge is -2.29. The molecule has 2 amide bonds. The van der Waals surface area contributed by atoms with Gasteiger partial charge in [0, 0.05) is 12.3 Å². The fourth-order valence-corrected chi connectivity index (χ4v) is 3.44. The van der Waals surface area contributed by atoms with Crippen molar-refractivity contribution in [3.63, 3.8) is 0 Å². The van der Waals surface area contributed by atoms with Gasteiger partial charge >= 0.3 is 12.0 Å². The molecule has 1 aliphatic rings. The first-order valence-corrected chi connectivity index (χ1v) is 7.71. The summed E-state index contributed by atoms with van der Waals surface area (Å²) in [6, 6.07) is -0.965. The van der Waals surface area contributed by atoms with Crippen LogP contribution in [0.15, 0.2) is 0 Å². The molecule has 2 atom stereocenters. The maximum absolute atomic E-state index is 12.2. The van der Waals surface area contributed by atoms with Gasteiger partial charge in [-0.25, -0.2) is 9.59 Å². The Kier molecular flexibility index (Phi) is 5.52. The molecule has 1 aliphatic heterocycles. The zero-order valence-electron chi connectivity index (χ0n) is 12.1. The first-order chi connectivity index (χ1) is 8.76. The topological polar surface area (TPSA) is 69.6 Å². The molecule has 5 nitrogen and oxygen atoms in total. The second kappa shape index (κ2) is 6.50. The minimum atomic E-state index is -0.919. The fraction of sp³-hybridized carbons (Fsp3) is 0.846. The van der Waals surface area contributed by atoms with Crippen LogP contribution in [-0.2, 0) is 4.79 Å². The zero-order valence-corrected chi connectivity index (χ0v) is 12.9. The Balaban J connectivity index is 2.72. The van der Waals surface area contributed by atoms with E-state index >= 15 is 0 Å². The highest BCUT2D eigenvalue weighted by atomic mass is 32.2. The van der Waals surface area contributed by atoms with Gasteiger partial charge in [-0.3, -0.25) is 4.90 Å². The highest BCUT2D eigenvalue weighted by Gasteiger charge is 2.41. The lowest BCUT2D eigenvalue weighted by molar-refractivity contribution is -0.141. The molecule has 1 heterocycles. The largest absolute Gasteiger partial charge is 0.480 e. The number of thioether (sulfide) groups is 1. The standard InChI is InChI=1S/C13H24N2O3S/c1-5-6-10-15(9(7-19-10)11(16)17)12(18)14-8-13(2,3)4/h9-10H,5-8H2,1-4H3,(H,14,18)(H,16,17). The van der Waals surface area contributed by atoms with E-state index in [1.165, 1.54) is 4.90 Å². The maximum atomic E-state index is 12.2. The summed E-state index contributed by atoms with van der Waals surface area (Å²) in [7, 11) is 0. The number of amides is 2. The molecule has 19 heavy (non-hydrogen) atoms. The van der Waals surface area contributed by atoms with Gasteiger partial charge in [0.15, 0.2) is 0 Å². The van der Waals surface area contributed by atoms with E-state index < -0.39 is 12.0 Å². The van der Waals surface area contributed by atoms with Crippen molar-refractivity contribution in [2.75, 3.05) is 12.3 Å². The van der Waals surface area contributed by atoms with Crippen molar-refractivity contribution < 1.29 is 14.7 Å². The predicted molar refractivity (Wildman–Crippen MR) is 77.3 cm³/mol. The lowest BCUT2D eigenvalue weighted by atomic mass is 9.97. The van der Waals surface area contributed by atoms with E-state index in [4.69, 9.17) is 0 Å². The van der Waals surface area contributed by atoms with Crippen LogP contribution in [0.5, 0.6) is 0 Å². The molecule has 2 unspecified atom stereocenters. The Bertz CT molecular complexity index is 341. The summed E-state index contributed by atoms with van der Waals surface area (Å²) < 4.78 is 0. The van der Waals surface area contributed by atoms with Crippen LogP contribution < -0.4 is 5.32 Å². The molecule has 0 aromatic rings. The molecule has 1 rings (SSSR count). The first kappa shape index (κ1) is 16.1. The average Bonchev–Trinajstić information content (AvgIpc) is 2.69. The van der Waals surface area contributed by atoms with Crippen LogP contribution in [0, 0.1) is 5.41 Å². The quantitative estimate of drug-likeness (QED) is 0.833. The molecule has 0 saturated carbocycles. The normalized spacial score (nSPS) is 23.5. The molecule has 6 heteroatoms. The zero-order chi connectivity index (χ0) is 14.6. The SMILES string of the molecule is CCCC1SCC(C(=O)O)N1C(=O)NCC(C)(C)C. The third kappa shape index (κ3) is 4.60. The van der Waals surface area contributed by atoms with Crippen molar-refractivity contribution in [3.8, 4) is 0 Å². The third-order valence-corrected chi connectivity index (χ3v) is 4.27. The molecule has 2 N–H and O–H groups in total. The monoisotopic (exact) mass is 288 g/mol. The maximum Gasteiger partial charge on any atom is 0.327 e. The molecule has 0 radical (unpaired) electrons. The summed E-state index contributed by atoms with van der Waals surface area (Å²) in [6.07, 6.45) is 1.77. The van der Waals surface area contributed by atoms with Gasteiger partial charge in [-0.1, -0.05) is 34.1 Å². The average molecular weight is 288 g/mol. The van der Waals surface area contributed by atoms with E-state index in [0.717, 1.165) is 12.8 Å². The molecular weight excluding hydrogens is 264 g/mol. The van der Waals surface area contributed by atoms with Gasteiger partial charge in [-0.2, -0.15) is 0 Å². The number of hydrogen-bond acceptors (Lipinski definition) is 3. The number of carboxylic acid groups (broad SMARTS) is 1. The smallest absolute Gasteiger partial charge is 0.327 e. The number of carboxylic acids is 1. The third-order valence-electron chi connectivity index (χ3n) is 2.92. The minimum Gasteiger partial charge on any atom is -0.480 e. The summed E-state index contributed by atoms with van der Waals surface area (Å²) in [6.45, 7) is 8.68. The van der Waals surface area contributed by atoms with E-state index in [1.54, 1.807) is 11.8 Å². The van der Waals surface area contributed by atoms with Crippen LogP contribution in [0.1, 0.15) is 40.5 Å². The van der Waals surface area contributed by atoms with Crippen LogP contribution in [0.2, 0.25) is 0 Å². The van der Waals surface area contributed by atoms with Crippen molar-refractivity contribution in [1.82, 2.24) is 10.2 Å². The van der Waals surface area contributed by atoms with Crippen molar-refractivity contribution >= 4 is 23.8 Å². The van der Waals surface area contributed by atoms with E-state index in [0.29, 0.717) is 12.3 Å². The second-order valence-electron chi connectivity index (χ2n) is 6.06. The van der Waals surface area contributed by atoms with Gasteiger partial charge in [0.1, 0.15) is 6.04 Å². The molecule has 0 aliphatic carbocycles. The highest BCUT2D eigenvalue weighted by molar-refractivity contribution is 8.00. The lowest BCUT2D eigenvalue weighted by Crippen LogP contribution is -2.51. The number of nitrogens with one attached hydrogen (secondary N) is 1. The molecule has 0 aromatic heterocycles. The van der Waals surface area contributed by atoms with Gasteiger partial charge < -0.3 is 10.4 Å². The van der Waals surface area contributed by atoms with E-state index in [9.17, 15) is 14.7 Å². The Morgan fingerprint density at radius 2 is 2.05 bits per heavy atom. The van der Waals surface area contributed by atoms with Gasteiger partial charge in [-0.05, 0) is 11.8 Å². The fourth-order valence-electron chi connectivity index (χ4n) is 1.93. The number of hydrogen-bond donors (Lipinski definition) is 2. The number of nitrogens with zero attached hydrogens (tertiary/aromatic N) is 1. The Hall–Kier alpha value is -0.910. The van der Waals surface area contributed by atoms with Gasteiger partial charge in [0.25, 0.3) is 0 Å². The van der Waals surface area contributed by atoms with Crippen molar-refractivity contribution in [2.24, 2.45) is 5.41 Å². The molecular formula is C13H24N2O3S. The molecule has 1 saturated heterocycles. The number of carbonyl (C=O) groups excluding carboxylic acids is 1. The van der Waals surface area contributed by atoms with Crippen LogP contribution in [-0.4, -0.2) is 45.7 Å². The number of carbonyl (C=O) groups is 2. The summed E-state index contributed by atoms with van der Waals surface area (Å²) in [5.74, 6) is -0.444. The van der Waals surface area contributed by atoms with Crippen LogP contribution >= 0.6 is 11.8 Å². The van der Waals surface area contributed by atoms with E-state index in [-0.39, 0.29) is 16.8 Å². The van der Waals surface area contributed by atoms with E-state index in [2.05, 4.69) is 5.32 Å². The first-order valence-electron chi connectivity index (χ1n) is 6.67. The van der Waals surface area contributed by atoms with Crippen molar-refractivity contribution in [3.05, 3.63) is 0 Å². The summed E-state index contributed by atoms with van der Waals surface area (Å²) >= 11 is 1.56. The summed E-state index contributed by atoms with van der Waals surface area (Å²) in [5.41, 5.74) is -0.0124. The van der Waals surface area contributed by atoms with Gasteiger partial charge in [0.2, 0.25) is 0 Å². The van der Waals surface area contributed by atoms with Crippen LogP contribution in [0.4, 0.5) is 4.79 Å². The van der Waals surface area contributed by atoms with Crippen LogP contribution in [0.25, 0.3) is 0 Å². The summed E-state index contributed by atoms with van der Waals surface area (Å²) in [5, 5.41) is 12.0. The Labute approximate surface area is 119 Å². The van der Waals surface area contributed by atoms with Crippen molar-refractivity contribution in [1.29, 1.82) is 0 Å². The number of rotatable bonds is 4.